The fraction of sp³-hybridized carbons (Fsp3) is 0.391. The number of hydrogen-bond acceptors (Lipinski definition) is 3. The summed E-state index contributed by atoms with van der Waals surface area (Å²) in [4.78, 5) is 23.9. The molecular weight excluding hydrogens is 366 g/mol. The molecule has 0 radical (unpaired) electrons. The van der Waals surface area contributed by atoms with Gasteiger partial charge in [-0.1, -0.05) is 45.0 Å². The van der Waals surface area contributed by atoms with Gasteiger partial charge in [0.05, 0.1) is 12.8 Å². The molecule has 4 N–H and O–H groups in total. The number of quaternary nitrogens is 1. The molecule has 6 heteroatoms. The maximum Gasteiger partial charge on any atom is 0.279 e. The lowest BCUT2D eigenvalue weighted by atomic mass is 9.95. The Labute approximate surface area is 173 Å². The molecule has 0 aromatic heterocycles. The number of aryl methyl sites for hydroxylation is 1. The number of nitrogens with one attached hydrogen (secondary N) is 2. The van der Waals surface area contributed by atoms with E-state index in [2.05, 4.69) is 61.0 Å². The van der Waals surface area contributed by atoms with Crippen molar-refractivity contribution in [2.45, 2.75) is 40.2 Å². The third kappa shape index (κ3) is 6.61. The Kier molecular flexibility index (Phi) is 8.21. The van der Waals surface area contributed by atoms with Crippen LogP contribution in [0.15, 0.2) is 42.5 Å². The van der Waals surface area contributed by atoms with E-state index in [4.69, 9.17) is 4.74 Å². The van der Waals surface area contributed by atoms with Crippen molar-refractivity contribution in [1.29, 1.82) is 0 Å². The molecule has 2 aromatic rings. The van der Waals surface area contributed by atoms with Crippen LogP contribution in [0.1, 0.15) is 44.9 Å². The van der Waals surface area contributed by atoms with Crippen molar-refractivity contribution in [2.75, 3.05) is 24.3 Å². The highest BCUT2D eigenvalue weighted by Crippen LogP contribution is 2.27. The van der Waals surface area contributed by atoms with Crippen LogP contribution in [0.4, 0.5) is 11.4 Å². The van der Waals surface area contributed by atoms with E-state index in [9.17, 15) is 9.59 Å². The summed E-state index contributed by atoms with van der Waals surface area (Å²) < 4.78 is 5.32. The van der Waals surface area contributed by atoms with E-state index < -0.39 is 0 Å². The van der Waals surface area contributed by atoms with Crippen molar-refractivity contribution in [3.63, 3.8) is 0 Å². The van der Waals surface area contributed by atoms with E-state index >= 15 is 0 Å². The van der Waals surface area contributed by atoms with Gasteiger partial charge in [-0.05, 0) is 30.2 Å². The molecule has 0 aliphatic rings. The number of hydrogen-bond donors (Lipinski definition) is 3. The zero-order valence-corrected chi connectivity index (χ0v) is 17.9. The van der Waals surface area contributed by atoms with E-state index in [-0.39, 0.29) is 24.4 Å². The zero-order chi connectivity index (χ0) is 21.4. The van der Waals surface area contributed by atoms with Crippen molar-refractivity contribution < 1.29 is 19.6 Å². The minimum absolute atomic E-state index is 0.126. The van der Waals surface area contributed by atoms with Gasteiger partial charge in [-0.25, -0.2) is 0 Å². The topological polar surface area (TPSA) is 84.0 Å². The van der Waals surface area contributed by atoms with E-state index in [1.54, 1.807) is 25.3 Å². The summed E-state index contributed by atoms with van der Waals surface area (Å²) in [5, 5.41) is 7.67. The average Bonchev–Trinajstić information content (AvgIpc) is 2.68. The minimum atomic E-state index is -0.172. The Morgan fingerprint density at radius 1 is 1.07 bits per heavy atom. The number of methoxy groups -OCH3 is 1. The first-order valence-electron chi connectivity index (χ1n) is 10.0. The molecule has 0 fully saturated rings. The van der Waals surface area contributed by atoms with Crippen LogP contribution in [0.3, 0.4) is 0 Å². The van der Waals surface area contributed by atoms with Crippen molar-refractivity contribution in [3.05, 3.63) is 53.6 Å². The lowest BCUT2D eigenvalue weighted by Crippen LogP contribution is -2.88. The van der Waals surface area contributed by atoms with Crippen molar-refractivity contribution in [3.8, 4) is 5.75 Å². The Morgan fingerprint density at radius 3 is 2.31 bits per heavy atom. The van der Waals surface area contributed by atoms with Gasteiger partial charge >= 0.3 is 0 Å². The summed E-state index contributed by atoms with van der Waals surface area (Å²) in [7, 11) is 1.55. The number of carbonyl (C=O) groups is 2. The highest BCUT2D eigenvalue weighted by atomic mass is 16.5. The van der Waals surface area contributed by atoms with E-state index in [0.717, 1.165) is 6.42 Å². The largest absolute Gasteiger partial charge is 0.495 e. The maximum absolute atomic E-state index is 12.6. The molecule has 0 aliphatic carbocycles. The molecule has 156 valence electrons. The van der Waals surface area contributed by atoms with Crippen molar-refractivity contribution in [1.82, 2.24) is 0 Å². The summed E-state index contributed by atoms with van der Waals surface area (Å²) in [5.74, 6) is 0.629. The van der Waals surface area contributed by atoms with Crippen LogP contribution >= 0.6 is 0 Å². The molecule has 0 heterocycles. The van der Waals surface area contributed by atoms with Gasteiger partial charge in [-0.2, -0.15) is 0 Å². The Bertz CT molecular complexity index is 832. The molecule has 6 nitrogen and oxygen atoms in total. The molecule has 0 bridgehead atoms. The van der Waals surface area contributed by atoms with Gasteiger partial charge in [0.2, 0.25) is 5.91 Å². The molecule has 2 amide bonds. The summed E-state index contributed by atoms with van der Waals surface area (Å²) in [6.07, 6.45) is 1.01. The summed E-state index contributed by atoms with van der Waals surface area (Å²) in [5.41, 5.74) is 3.66. The highest BCUT2D eigenvalue weighted by Gasteiger charge is 2.21. The normalized spacial score (nSPS) is 11.8. The second kappa shape index (κ2) is 10.6. The molecule has 2 aromatic carbocycles. The van der Waals surface area contributed by atoms with Gasteiger partial charge in [0.15, 0.2) is 6.54 Å². The van der Waals surface area contributed by atoms with Crippen molar-refractivity contribution >= 4 is 23.2 Å². The monoisotopic (exact) mass is 398 g/mol. The van der Waals surface area contributed by atoms with Crippen LogP contribution in [-0.2, 0) is 16.0 Å². The van der Waals surface area contributed by atoms with Crippen LogP contribution in [0.25, 0.3) is 0 Å². The first-order chi connectivity index (χ1) is 13.8. The smallest absolute Gasteiger partial charge is 0.279 e. The van der Waals surface area contributed by atoms with E-state index in [0.29, 0.717) is 23.0 Å². The molecule has 0 aliphatic heterocycles. The number of anilines is 2. The number of ether oxygens (including phenoxy) is 1. The molecule has 0 unspecified atom stereocenters. The van der Waals surface area contributed by atoms with Crippen LogP contribution in [0.5, 0.6) is 5.75 Å². The average molecular weight is 399 g/mol. The van der Waals surface area contributed by atoms with Gasteiger partial charge in [-0.3, -0.25) is 9.59 Å². The second-order valence-corrected chi connectivity index (χ2v) is 7.45. The first-order valence-corrected chi connectivity index (χ1v) is 10.0. The second-order valence-electron chi connectivity index (χ2n) is 7.45. The highest BCUT2D eigenvalue weighted by molar-refractivity contribution is 5.95. The molecule has 0 saturated carbocycles. The van der Waals surface area contributed by atoms with Gasteiger partial charge < -0.3 is 20.7 Å². The molecule has 2 rings (SSSR count). The SMILES string of the molecule is CCc1ccc([C@@H]([NH2+]CC(=O)Nc2cc(NC(C)=O)ccc2OC)C(C)C)cc1. The minimum Gasteiger partial charge on any atom is -0.495 e. The van der Waals surface area contributed by atoms with Crippen LogP contribution in [0, 0.1) is 5.92 Å². The Morgan fingerprint density at radius 2 is 1.76 bits per heavy atom. The van der Waals surface area contributed by atoms with Crippen LogP contribution in [0.2, 0.25) is 0 Å². The summed E-state index contributed by atoms with van der Waals surface area (Å²) in [6.45, 7) is 8.18. The number of nitrogens with two attached hydrogens (primary N) is 1. The fourth-order valence-corrected chi connectivity index (χ4v) is 3.29. The number of rotatable bonds is 9. The predicted octanol–water partition coefficient (Wildman–Crippen LogP) is 3.12. The molecule has 1 atom stereocenters. The van der Waals surface area contributed by atoms with Gasteiger partial charge in [0.25, 0.3) is 5.91 Å². The molecule has 0 saturated heterocycles. The first kappa shape index (κ1) is 22.4. The van der Waals surface area contributed by atoms with Crippen molar-refractivity contribution in [2.24, 2.45) is 5.92 Å². The maximum atomic E-state index is 12.6. The van der Waals surface area contributed by atoms with Crippen LogP contribution in [-0.4, -0.2) is 25.5 Å². The Balaban J connectivity index is 2.05. The fourth-order valence-electron chi connectivity index (χ4n) is 3.29. The quantitative estimate of drug-likeness (QED) is 0.607. The lowest BCUT2D eigenvalue weighted by Gasteiger charge is -2.20. The van der Waals surface area contributed by atoms with Gasteiger partial charge in [-0.15, -0.1) is 0 Å². The molecule has 0 spiro atoms. The predicted molar refractivity (Wildman–Crippen MR) is 116 cm³/mol. The third-order valence-corrected chi connectivity index (χ3v) is 4.84. The summed E-state index contributed by atoms with van der Waals surface area (Å²) in [6, 6.07) is 13.9. The van der Waals surface area contributed by atoms with Gasteiger partial charge in [0, 0.05) is 24.1 Å². The van der Waals surface area contributed by atoms with Gasteiger partial charge in [0.1, 0.15) is 11.8 Å². The number of benzene rings is 2. The molecule has 29 heavy (non-hydrogen) atoms. The van der Waals surface area contributed by atoms with E-state index in [1.165, 1.54) is 18.1 Å². The van der Waals surface area contributed by atoms with Crippen LogP contribution < -0.4 is 20.7 Å². The zero-order valence-electron chi connectivity index (χ0n) is 17.9. The van der Waals surface area contributed by atoms with E-state index in [1.807, 2.05) is 0 Å². The summed E-state index contributed by atoms with van der Waals surface area (Å²) >= 11 is 0. The number of carbonyl (C=O) groups excluding carboxylic acids is 2. The molecular formula is C23H32N3O3+. The standard InChI is InChI=1S/C23H31N3O3/c1-6-17-7-9-18(10-8-17)23(15(2)3)24-14-22(28)26-20-13-19(25-16(4)27)11-12-21(20)29-5/h7-13,15,23-24H,6,14H2,1-5H3,(H,25,27)(H,26,28)/p+1/t23-/m0/s1. The third-order valence-electron chi connectivity index (χ3n) is 4.84. The Hall–Kier alpha value is -2.86. The number of amides is 2. The lowest BCUT2D eigenvalue weighted by molar-refractivity contribution is -0.692.